The largest absolute Gasteiger partial charge is 0.342 e. The Kier molecular flexibility index (Phi) is 3.56. The third kappa shape index (κ3) is 2.95. The van der Waals surface area contributed by atoms with Gasteiger partial charge in [-0.3, -0.25) is 14.6 Å². The molecule has 98 valence electrons. The molecule has 0 bridgehead atoms. The van der Waals surface area contributed by atoms with E-state index in [1.807, 2.05) is 40.4 Å². The summed E-state index contributed by atoms with van der Waals surface area (Å²) in [6, 6.07) is 9.33. The van der Waals surface area contributed by atoms with Gasteiger partial charge in [-0.25, -0.2) is 9.89 Å². The van der Waals surface area contributed by atoms with Crippen LogP contribution in [0.15, 0.2) is 39.9 Å². The van der Waals surface area contributed by atoms with Gasteiger partial charge < -0.3 is 4.90 Å². The molecule has 0 aliphatic rings. The molecule has 7 heteroatoms. The smallest absolute Gasteiger partial charge is 0.336 e. The molecule has 0 saturated heterocycles. The van der Waals surface area contributed by atoms with Gasteiger partial charge in [-0.2, -0.15) is 5.10 Å². The molecule has 2 N–H and O–H groups in total. The van der Waals surface area contributed by atoms with E-state index in [1.165, 1.54) is 4.90 Å². The van der Waals surface area contributed by atoms with E-state index in [0.29, 0.717) is 6.54 Å². The van der Waals surface area contributed by atoms with Crippen LogP contribution in [0.3, 0.4) is 0 Å². The first kappa shape index (κ1) is 12.7. The molecule has 0 aliphatic carbocycles. The predicted molar refractivity (Wildman–Crippen MR) is 67.7 cm³/mol. The maximum absolute atomic E-state index is 12.0. The summed E-state index contributed by atoms with van der Waals surface area (Å²) in [6.07, 6.45) is 0. The van der Waals surface area contributed by atoms with Crippen LogP contribution >= 0.6 is 0 Å². The van der Waals surface area contributed by atoms with E-state index in [4.69, 9.17) is 0 Å². The van der Waals surface area contributed by atoms with Crippen LogP contribution in [0.1, 0.15) is 16.1 Å². The molecule has 0 unspecified atom stereocenters. The molecule has 1 aromatic heterocycles. The molecule has 0 atom stereocenters. The van der Waals surface area contributed by atoms with Crippen molar-refractivity contribution in [2.45, 2.75) is 6.54 Å². The predicted octanol–water partition coefficient (Wildman–Crippen LogP) is -0.270. The minimum atomic E-state index is -0.798. The molecule has 1 heterocycles. The lowest BCUT2D eigenvalue weighted by Crippen LogP contribution is -2.36. The summed E-state index contributed by atoms with van der Waals surface area (Å²) in [5.41, 5.74) is -0.946. The number of nitrogens with zero attached hydrogens (tertiary/aromatic N) is 2. The molecular weight excluding hydrogens is 248 g/mol. The number of carbonyl (C=O) groups excluding carboxylic acids is 1. The number of nitrogens with one attached hydrogen (secondary N) is 2. The molecule has 2 aromatic rings. The van der Waals surface area contributed by atoms with Crippen LogP contribution in [0.2, 0.25) is 0 Å². The van der Waals surface area contributed by atoms with E-state index < -0.39 is 17.2 Å². The molecule has 1 aromatic carbocycles. The zero-order valence-electron chi connectivity index (χ0n) is 10.2. The molecular formula is C12H12N4O3. The second kappa shape index (κ2) is 5.30. The topological polar surface area (TPSA) is 98.9 Å². The van der Waals surface area contributed by atoms with Crippen molar-refractivity contribution in [3.63, 3.8) is 0 Å². The SMILES string of the molecule is CN(Cc1ccccc1)C(=O)c1n[nH]c(=O)[nH]c1=O. The van der Waals surface area contributed by atoms with Crippen LogP contribution in [0.5, 0.6) is 0 Å². The molecule has 1 amide bonds. The van der Waals surface area contributed by atoms with Gasteiger partial charge in [-0.05, 0) is 5.56 Å². The van der Waals surface area contributed by atoms with Gasteiger partial charge in [0, 0.05) is 13.6 Å². The summed E-state index contributed by atoms with van der Waals surface area (Å²) in [4.78, 5) is 37.6. The lowest BCUT2D eigenvalue weighted by Gasteiger charge is -2.15. The maximum atomic E-state index is 12.0. The Morgan fingerprint density at radius 3 is 2.58 bits per heavy atom. The van der Waals surface area contributed by atoms with Crippen molar-refractivity contribution in [1.82, 2.24) is 20.1 Å². The van der Waals surface area contributed by atoms with Crippen LogP contribution in [-0.2, 0) is 6.54 Å². The maximum Gasteiger partial charge on any atom is 0.342 e. The van der Waals surface area contributed by atoms with Gasteiger partial charge in [0.15, 0.2) is 0 Å². The number of H-pyrrole nitrogens is 2. The number of hydrogen-bond acceptors (Lipinski definition) is 4. The van der Waals surface area contributed by atoms with E-state index >= 15 is 0 Å². The molecule has 0 saturated carbocycles. The molecule has 0 aliphatic heterocycles. The molecule has 0 spiro atoms. The standard InChI is InChI=1S/C12H12N4O3/c1-16(7-8-5-3-2-4-6-8)11(18)9-10(17)13-12(19)15-14-9/h2-6H,7H2,1H3,(H2,13,15,17,19). The van der Waals surface area contributed by atoms with Gasteiger partial charge in [-0.15, -0.1) is 0 Å². The van der Waals surface area contributed by atoms with Crippen molar-refractivity contribution in [2.24, 2.45) is 0 Å². The fraction of sp³-hybridized carbons (Fsp3) is 0.167. The van der Waals surface area contributed by atoms with Crippen molar-refractivity contribution in [3.05, 3.63) is 62.4 Å². The summed E-state index contributed by atoms with van der Waals surface area (Å²) < 4.78 is 0. The molecule has 7 nitrogen and oxygen atoms in total. The summed E-state index contributed by atoms with van der Waals surface area (Å²) in [7, 11) is 1.56. The van der Waals surface area contributed by atoms with Crippen molar-refractivity contribution in [1.29, 1.82) is 0 Å². The highest BCUT2D eigenvalue weighted by molar-refractivity contribution is 5.91. The Balaban J connectivity index is 2.20. The van der Waals surface area contributed by atoms with E-state index in [9.17, 15) is 14.4 Å². The second-order valence-electron chi connectivity index (χ2n) is 4.00. The van der Waals surface area contributed by atoms with Crippen LogP contribution in [0.25, 0.3) is 0 Å². The average molecular weight is 260 g/mol. The fourth-order valence-electron chi connectivity index (χ4n) is 1.60. The summed E-state index contributed by atoms with van der Waals surface area (Å²) in [5.74, 6) is -0.554. The quantitative estimate of drug-likeness (QED) is 0.793. The number of rotatable bonds is 3. The van der Waals surface area contributed by atoms with Gasteiger partial charge in [0.2, 0.25) is 5.69 Å². The second-order valence-corrected chi connectivity index (χ2v) is 4.00. The van der Waals surface area contributed by atoms with Crippen molar-refractivity contribution in [3.8, 4) is 0 Å². The first-order chi connectivity index (χ1) is 9.08. The zero-order chi connectivity index (χ0) is 13.8. The number of carbonyl (C=O) groups is 1. The van der Waals surface area contributed by atoms with E-state index in [1.54, 1.807) is 7.05 Å². The third-order valence-corrected chi connectivity index (χ3v) is 2.52. The average Bonchev–Trinajstić information content (AvgIpc) is 2.39. The van der Waals surface area contributed by atoms with E-state index in [2.05, 4.69) is 5.10 Å². The van der Waals surface area contributed by atoms with E-state index in [0.717, 1.165) is 5.56 Å². The lowest BCUT2D eigenvalue weighted by molar-refractivity contribution is 0.0775. The normalized spacial score (nSPS) is 10.2. The number of amides is 1. The first-order valence-electron chi connectivity index (χ1n) is 5.56. The lowest BCUT2D eigenvalue weighted by atomic mass is 10.2. The monoisotopic (exact) mass is 260 g/mol. The van der Waals surface area contributed by atoms with Crippen molar-refractivity contribution in [2.75, 3.05) is 7.05 Å². The minimum Gasteiger partial charge on any atom is -0.336 e. The summed E-state index contributed by atoms with van der Waals surface area (Å²) in [6.45, 7) is 0.347. The Labute approximate surface area is 107 Å². The Bertz CT molecular complexity index is 690. The van der Waals surface area contributed by atoms with Gasteiger partial charge in [0.05, 0.1) is 0 Å². The summed E-state index contributed by atoms with van der Waals surface area (Å²) >= 11 is 0. The fourth-order valence-corrected chi connectivity index (χ4v) is 1.60. The highest BCUT2D eigenvalue weighted by Gasteiger charge is 2.17. The van der Waals surface area contributed by atoms with Gasteiger partial charge in [-0.1, -0.05) is 30.3 Å². The number of aromatic amines is 2. The number of hydrogen-bond donors (Lipinski definition) is 2. The van der Waals surface area contributed by atoms with Crippen LogP contribution in [0, 0.1) is 0 Å². The Morgan fingerprint density at radius 1 is 1.26 bits per heavy atom. The number of aromatic nitrogens is 3. The van der Waals surface area contributed by atoms with Gasteiger partial charge in [0.25, 0.3) is 11.5 Å². The van der Waals surface area contributed by atoms with Crippen LogP contribution < -0.4 is 11.2 Å². The Morgan fingerprint density at radius 2 is 1.95 bits per heavy atom. The minimum absolute atomic E-state index is 0.335. The molecule has 19 heavy (non-hydrogen) atoms. The van der Waals surface area contributed by atoms with Crippen molar-refractivity contribution < 1.29 is 4.79 Å². The van der Waals surface area contributed by atoms with E-state index in [-0.39, 0.29) is 5.69 Å². The van der Waals surface area contributed by atoms with Crippen LogP contribution in [0.4, 0.5) is 0 Å². The van der Waals surface area contributed by atoms with Crippen LogP contribution in [-0.4, -0.2) is 33.0 Å². The molecule has 0 fully saturated rings. The number of benzene rings is 1. The molecule has 0 radical (unpaired) electrons. The zero-order valence-corrected chi connectivity index (χ0v) is 10.2. The first-order valence-corrected chi connectivity index (χ1v) is 5.56. The summed E-state index contributed by atoms with van der Waals surface area (Å²) in [5, 5.41) is 5.50. The highest BCUT2D eigenvalue weighted by Crippen LogP contribution is 2.04. The Hall–Kier alpha value is -2.70. The van der Waals surface area contributed by atoms with Gasteiger partial charge in [0.1, 0.15) is 0 Å². The van der Waals surface area contributed by atoms with Gasteiger partial charge >= 0.3 is 5.69 Å². The highest BCUT2D eigenvalue weighted by atomic mass is 16.2. The third-order valence-electron chi connectivity index (χ3n) is 2.52. The molecule has 2 rings (SSSR count). The van der Waals surface area contributed by atoms with Crippen molar-refractivity contribution >= 4 is 5.91 Å².